The minimum atomic E-state index is -4.71. The van der Waals surface area contributed by atoms with Crippen LogP contribution >= 0.6 is 15.2 Å². The van der Waals surface area contributed by atoms with Gasteiger partial charge < -0.3 is 43.7 Å². The zero-order chi connectivity index (χ0) is 22.3. The van der Waals surface area contributed by atoms with E-state index in [1.807, 2.05) is 0 Å². The van der Waals surface area contributed by atoms with Crippen molar-refractivity contribution in [3.63, 3.8) is 0 Å². The van der Waals surface area contributed by atoms with Crippen molar-refractivity contribution in [2.24, 2.45) is 0 Å². The molecule has 0 spiro atoms. The molecule has 0 saturated carbocycles. The molecule has 0 aromatic heterocycles. The molecule has 1 rings (SSSR count). The van der Waals surface area contributed by atoms with E-state index in [1.54, 1.807) is 30.1 Å². The molecule has 2 N–H and O–H groups in total. The summed E-state index contributed by atoms with van der Waals surface area (Å²) < 4.78 is 27.0. The van der Waals surface area contributed by atoms with Crippen LogP contribution in [0.1, 0.15) is 16.7 Å². The van der Waals surface area contributed by atoms with Crippen molar-refractivity contribution in [1.82, 2.24) is 4.90 Å². The Morgan fingerprint density at radius 2 is 1.21 bits per heavy atom. The normalized spacial score (nSPS) is 11.7. The minimum Gasteiger partial charge on any atom is -0.811 e. The number of benzene rings is 1. The number of likely N-dealkylation sites (N-methyl/N-ethyl adjacent to an activating group) is 1. The Labute approximate surface area is 284 Å². The predicted molar refractivity (Wildman–Crippen MR) is 99.0 cm³/mol. The number of aliphatic hydroxyl groups is 2. The van der Waals surface area contributed by atoms with Gasteiger partial charge in [0.1, 0.15) is 0 Å². The second kappa shape index (κ2) is 20.3. The average molecular weight is 543 g/mol. The predicted octanol–water partition coefficient (Wildman–Crippen LogP) is -14.6. The van der Waals surface area contributed by atoms with Crippen molar-refractivity contribution >= 4 is 15.2 Å². The summed E-state index contributed by atoms with van der Waals surface area (Å²) in [6.07, 6.45) is -1.28. The van der Waals surface area contributed by atoms with Crippen LogP contribution in [0.5, 0.6) is 0 Å². The second-order valence-corrected chi connectivity index (χ2v) is 10.5. The molecule has 1 aromatic carbocycles. The molecule has 168 valence electrons. The smallest absolute Gasteiger partial charge is 0.811 e. The van der Waals surface area contributed by atoms with E-state index in [0.29, 0.717) is 16.7 Å². The van der Waals surface area contributed by atoms with Gasteiger partial charge in [-0.05, 0) is 48.9 Å². The number of rotatable bonds is 13. The van der Waals surface area contributed by atoms with Gasteiger partial charge >= 0.3 is 118 Å². The summed E-state index contributed by atoms with van der Waals surface area (Å²) in [5.74, 6) is 0. The summed E-state index contributed by atoms with van der Waals surface area (Å²) >= 11 is 0. The van der Waals surface area contributed by atoms with E-state index in [4.69, 9.17) is 4.74 Å². The Bertz CT molecular complexity index is 716. The van der Waals surface area contributed by atoms with Crippen LogP contribution in [0.2, 0.25) is 0 Å². The molecular formula is C17H27NNa4O9P2. The molecule has 0 unspecified atom stereocenters. The maximum atomic E-state index is 11.0. The van der Waals surface area contributed by atoms with E-state index in [9.17, 15) is 38.9 Å². The zero-order valence-electron chi connectivity index (χ0n) is 20.5. The first-order chi connectivity index (χ1) is 13.3. The number of ether oxygens (including phenoxy) is 1. The van der Waals surface area contributed by atoms with Crippen LogP contribution in [0.3, 0.4) is 0 Å². The van der Waals surface area contributed by atoms with Crippen molar-refractivity contribution in [2.75, 3.05) is 46.3 Å². The molecule has 0 saturated heterocycles. The van der Waals surface area contributed by atoms with Crippen molar-refractivity contribution in [3.05, 3.63) is 34.9 Å². The fraction of sp³-hybridized carbons (Fsp3) is 0.647. The molecule has 10 nitrogen and oxygen atoms in total. The molecule has 0 fully saturated rings. The maximum absolute atomic E-state index is 11.0. The summed E-state index contributed by atoms with van der Waals surface area (Å²) in [5.41, 5.74) is 0.593. The third-order valence-electron chi connectivity index (χ3n) is 4.69. The molecule has 0 heterocycles. The molecule has 0 bridgehead atoms. The summed E-state index contributed by atoms with van der Waals surface area (Å²) in [7, 11) is -6.34. The number of aryl methyl sites for hydroxylation is 2. The summed E-state index contributed by atoms with van der Waals surface area (Å²) in [6.45, 7) is -0.505. The van der Waals surface area contributed by atoms with Crippen molar-refractivity contribution in [3.8, 4) is 0 Å². The molecule has 1 aromatic rings. The number of methoxy groups -OCH3 is 1. The van der Waals surface area contributed by atoms with Gasteiger partial charge in [-0.25, -0.2) is 0 Å². The van der Waals surface area contributed by atoms with Crippen molar-refractivity contribution in [1.29, 1.82) is 0 Å². The van der Waals surface area contributed by atoms with Gasteiger partial charge in [-0.2, -0.15) is 0 Å². The van der Waals surface area contributed by atoms with Gasteiger partial charge in [0.15, 0.2) is 0 Å². The van der Waals surface area contributed by atoms with Crippen LogP contribution in [-0.4, -0.2) is 67.0 Å². The van der Waals surface area contributed by atoms with E-state index < -0.39 is 33.1 Å². The van der Waals surface area contributed by atoms with Crippen LogP contribution in [0, 0.1) is 0 Å². The Kier molecular flexibility index (Phi) is 26.7. The molecule has 0 aliphatic heterocycles. The van der Waals surface area contributed by atoms with Gasteiger partial charge in [0, 0.05) is 13.7 Å². The van der Waals surface area contributed by atoms with E-state index >= 15 is 0 Å². The Morgan fingerprint density at radius 1 is 0.848 bits per heavy atom. The fourth-order valence-electron chi connectivity index (χ4n) is 2.95. The summed E-state index contributed by atoms with van der Waals surface area (Å²) in [5, 5.41) is 19.5. The fourth-order valence-corrected chi connectivity index (χ4v) is 4.02. The first-order valence-electron chi connectivity index (χ1n) is 8.90. The topological polar surface area (TPSA) is 179 Å². The number of aliphatic hydroxyl groups excluding tert-OH is 2. The van der Waals surface area contributed by atoms with Gasteiger partial charge in [-0.3, -0.25) is 4.90 Å². The first-order valence-corrected chi connectivity index (χ1v) is 12.4. The molecule has 33 heavy (non-hydrogen) atoms. The van der Waals surface area contributed by atoms with Crippen LogP contribution in [0.25, 0.3) is 0 Å². The SMILES string of the molecule is COCC(CO)(CO)N(C)Cc1cc(CCP(=O)([O-])[O-])cc(CCP(=O)([O-])[O-])c1.[Na+].[Na+].[Na+].[Na+]. The number of hydrogen-bond acceptors (Lipinski definition) is 10. The molecule has 16 heteroatoms. The summed E-state index contributed by atoms with van der Waals surface area (Å²) in [6, 6.07) is 4.89. The summed E-state index contributed by atoms with van der Waals surface area (Å²) in [4.78, 5) is 45.5. The van der Waals surface area contributed by atoms with E-state index in [0.717, 1.165) is 0 Å². The molecular weight excluding hydrogens is 516 g/mol. The quantitative estimate of drug-likeness (QED) is 0.179. The Morgan fingerprint density at radius 3 is 1.52 bits per heavy atom. The van der Waals surface area contributed by atoms with E-state index in [-0.39, 0.29) is 157 Å². The molecule has 0 aliphatic rings. The van der Waals surface area contributed by atoms with Crippen LogP contribution in [0.4, 0.5) is 0 Å². The average Bonchev–Trinajstić information content (AvgIpc) is 2.61. The number of hydrogen-bond donors (Lipinski definition) is 2. The Hall–Kier alpha value is 3.36. The van der Waals surface area contributed by atoms with E-state index in [2.05, 4.69) is 0 Å². The third-order valence-corrected chi connectivity index (χ3v) is 6.23. The van der Waals surface area contributed by atoms with Crippen molar-refractivity contribution in [2.45, 2.75) is 24.9 Å². The zero-order valence-corrected chi connectivity index (χ0v) is 30.3. The standard InChI is InChI=1S/C17H31NO9P2.4Na/c1-18(17(11-19,12-20)13-27-2)10-16-8-14(3-5-28(21,22)23)7-15(9-16)4-6-29(24,25)26;;;;/h7-9,19-20H,3-6,10-13H2,1-2H3,(H2,21,22,23)(H2,24,25,26);;;;/q;4*+1/p-4. The Balaban J connectivity index is -0.00000105. The third kappa shape index (κ3) is 17.5. The maximum Gasteiger partial charge on any atom is 1.00 e. The van der Waals surface area contributed by atoms with Gasteiger partial charge in [0.25, 0.3) is 0 Å². The van der Waals surface area contributed by atoms with E-state index in [1.165, 1.54) is 7.11 Å². The van der Waals surface area contributed by atoms with Crippen LogP contribution in [-0.2, 0) is 33.3 Å². The molecule has 0 atom stereocenters. The largest absolute Gasteiger partial charge is 1.00 e. The second-order valence-electron chi connectivity index (χ2n) is 7.16. The van der Waals surface area contributed by atoms with Gasteiger partial charge in [0.2, 0.25) is 0 Å². The molecule has 0 radical (unpaired) electrons. The van der Waals surface area contributed by atoms with Crippen molar-refractivity contribution < 1.29 is 162 Å². The first kappa shape index (κ1) is 43.4. The monoisotopic (exact) mass is 543 g/mol. The van der Waals surface area contributed by atoms with Gasteiger partial charge in [-0.1, -0.05) is 33.4 Å². The van der Waals surface area contributed by atoms with Gasteiger partial charge in [-0.15, -0.1) is 0 Å². The van der Waals surface area contributed by atoms with Gasteiger partial charge in [0.05, 0.1) is 25.4 Å². The number of nitrogens with zero attached hydrogens (tertiary/aromatic N) is 1. The van der Waals surface area contributed by atoms with Crippen LogP contribution in [0.15, 0.2) is 18.2 Å². The minimum absolute atomic E-state index is 0. The van der Waals surface area contributed by atoms with Crippen LogP contribution < -0.4 is 138 Å². The molecule has 0 aliphatic carbocycles. The molecule has 0 amide bonds.